The van der Waals surface area contributed by atoms with Gasteiger partial charge in [-0.15, -0.1) is 11.8 Å². The van der Waals surface area contributed by atoms with Gasteiger partial charge >= 0.3 is 0 Å². The molecule has 0 amide bonds. The predicted molar refractivity (Wildman–Crippen MR) is 69.3 cm³/mol. The van der Waals surface area contributed by atoms with Gasteiger partial charge in [0.15, 0.2) is 0 Å². The molecule has 1 aromatic carbocycles. The number of halogens is 1. The molecular weight excluding hydrogens is 223 g/mol. The smallest absolute Gasteiger partial charge is 0.125 e. The summed E-state index contributed by atoms with van der Waals surface area (Å²) in [4.78, 5) is 3.32. The Morgan fingerprint density at radius 1 is 1.31 bits per heavy atom. The molecule has 0 saturated carbocycles. The molecule has 1 aromatic rings. The van der Waals surface area contributed by atoms with E-state index in [9.17, 15) is 4.39 Å². The molecule has 2 N–H and O–H groups in total. The molecule has 0 unspecified atom stereocenters. The molecule has 4 heteroatoms. The van der Waals surface area contributed by atoms with Crippen LogP contribution in [0.25, 0.3) is 0 Å². The highest BCUT2D eigenvalue weighted by molar-refractivity contribution is 7.99. The minimum Gasteiger partial charge on any atom is -0.398 e. The van der Waals surface area contributed by atoms with Crippen LogP contribution in [0.15, 0.2) is 23.1 Å². The van der Waals surface area contributed by atoms with Crippen LogP contribution in [0, 0.1) is 5.82 Å². The Bertz CT molecular complexity index is 327. The summed E-state index contributed by atoms with van der Waals surface area (Å²) in [6.45, 7) is 7.47. The Morgan fingerprint density at radius 2 is 2.00 bits per heavy atom. The standard InChI is InChI=1S/C12H19FN2S/c1-3-15(4-2)7-8-16-12-6-5-10(13)9-11(12)14/h5-6,9H,3-4,7-8,14H2,1-2H3. The Balaban J connectivity index is 2.42. The molecular formula is C12H19FN2S. The second-order valence-electron chi connectivity index (χ2n) is 3.56. The van der Waals surface area contributed by atoms with E-state index in [1.54, 1.807) is 17.8 Å². The first-order valence-corrected chi connectivity index (χ1v) is 6.56. The highest BCUT2D eigenvalue weighted by Gasteiger charge is 2.03. The first kappa shape index (κ1) is 13.3. The maximum atomic E-state index is 12.8. The molecule has 0 aromatic heterocycles. The molecule has 0 fully saturated rings. The third-order valence-corrected chi connectivity index (χ3v) is 3.60. The van der Waals surface area contributed by atoms with Crippen molar-refractivity contribution in [2.75, 3.05) is 31.1 Å². The van der Waals surface area contributed by atoms with Crippen molar-refractivity contribution in [1.82, 2.24) is 4.90 Å². The average molecular weight is 242 g/mol. The maximum Gasteiger partial charge on any atom is 0.125 e. The lowest BCUT2D eigenvalue weighted by molar-refractivity contribution is 0.324. The van der Waals surface area contributed by atoms with Gasteiger partial charge in [0.1, 0.15) is 5.82 Å². The summed E-state index contributed by atoms with van der Waals surface area (Å²) in [5.74, 6) is 0.711. The van der Waals surface area contributed by atoms with Gasteiger partial charge in [-0.05, 0) is 31.3 Å². The minimum atomic E-state index is -0.273. The normalized spacial score (nSPS) is 11.0. The first-order valence-electron chi connectivity index (χ1n) is 5.57. The third-order valence-electron chi connectivity index (χ3n) is 2.53. The van der Waals surface area contributed by atoms with Crippen molar-refractivity contribution in [3.63, 3.8) is 0 Å². The highest BCUT2D eigenvalue weighted by atomic mass is 32.2. The zero-order valence-electron chi connectivity index (χ0n) is 9.87. The van der Waals surface area contributed by atoms with Gasteiger partial charge in [0, 0.05) is 22.9 Å². The van der Waals surface area contributed by atoms with E-state index in [1.165, 1.54) is 12.1 Å². The van der Waals surface area contributed by atoms with Crippen molar-refractivity contribution < 1.29 is 4.39 Å². The van der Waals surface area contributed by atoms with Gasteiger partial charge in [-0.1, -0.05) is 13.8 Å². The van der Waals surface area contributed by atoms with Crippen molar-refractivity contribution in [3.05, 3.63) is 24.0 Å². The fourth-order valence-corrected chi connectivity index (χ4v) is 2.43. The van der Waals surface area contributed by atoms with Crippen molar-refractivity contribution >= 4 is 17.4 Å². The maximum absolute atomic E-state index is 12.8. The van der Waals surface area contributed by atoms with Gasteiger partial charge in [0.05, 0.1) is 0 Å². The van der Waals surface area contributed by atoms with Gasteiger partial charge in [0.2, 0.25) is 0 Å². The van der Waals surface area contributed by atoms with Gasteiger partial charge in [0.25, 0.3) is 0 Å². The number of nitrogen functional groups attached to an aromatic ring is 1. The van der Waals surface area contributed by atoms with Crippen LogP contribution in [-0.2, 0) is 0 Å². The highest BCUT2D eigenvalue weighted by Crippen LogP contribution is 2.25. The molecule has 0 atom stereocenters. The molecule has 2 nitrogen and oxygen atoms in total. The predicted octanol–water partition coefficient (Wildman–Crippen LogP) is 2.84. The van der Waals surface area contributed by atoms with Crippen LogP contribution in [0.3, 0.4) is 0 Å². The van der Waals surface area contributed by atoms with Crippen molar-refractivity contribution in [3.8, 4) is 0 Å². The third kappa shape index (κ3) is 4.02. The number of nitrogens with zero attached hydrogens (tertiary/aromatic N) is 1. The van der Waals surface area contributed by atoms with E-state index in [1.807, 2.05) is 0 Å². The van der Waals surface area contributed by atoms with Gasteiger partial charge in [-0.2, -0.15) is 0 Å². The Labute approximate surface area is 101 Å². The molecule has 0 radical (unpaired) electrons. The molecule has 0 heterocycles. The van der Waals surface area contributed by atoms with Crippen LogP contribution < -0.4 is 5.73 Å². The average Bonchev–Trinajstić information content (AvgIpc) is 2.27. The molecule has 16 heavy (non-hydrogen) atoms. The fourth-order valence-electron chi connectivity index (χ4n) is 1.48. The fraction of sp³-hybridized carbons (Fsp3) is 0.500. The summed E-state index contributed by atoms with van der Waals surface area (Å²) in [6, 6.07) is 4.58. The first-order chi connectivity index (χ1) is 7.67. The topological polar surface area (TPSA) is 29.3 Å². The van der Waals surface area contributed by atoms with E-state index in [0.29, 0.717) is 5.69 Å². The number of hydrogen-bond acceptors (Lipinski definition) is 3. The van der Waals surface area contributed by atoms with Crippen LogP contribution in [0.2, 0.25) is 0 Å². The molecule has 0 bridgehead atoms. The van der Waals surface area contributed by atoms with E-state index in [0.717, 1.165) is 30.3 Å². The second kappa shape index (κ2) is 6.76. The Morgan fingerprint density at radius 3 is 2.56 bits per heavy atom. The van der Waals surface area contributed by atoms with E-state index >= 15 is 0 Å². The summed E-state index contributed by atoms with van der Waals surface area (Å²) in [5.41, 5.74) is 6.26. The molecule has 0 saturated heterocycles. The number of rotatable bonds is 6. The van der Waals surface area contributed by atoms with Crippen molar-refractivity contribution in [2.45, 2.75) is 18.7 Å². The van der Waals surface area contributed by atoms with Crippen LogP contribution in [0.4, 0.5) is 10.1 Å². The van der Waals surface area contributed by atoms with Gasteiger partial charge in [-0.3, -0.25) is 0 Å². The lowest BCUT2D eigenvalue weighted by Crippen LogP contribution is -2.25. The summed E-state index contributed by atoms with van der Waals surface area (Å²) in [7, 11) is 0. The summed E-state index contributed by atoms with van der Waals surface area (Å²) in [5, 5.41) is 0. The van der Waals surface area contributed by atoms with Crippen LogP contribution in [-0.4, -0.2) is 30.3 Å². The molecule has 90 valence electrons. The number of nitrogens with two attached hydrogens (primary N) is 1. The second-order valence-corrected chi connectivity index (χ2v) is 4.69. The number of thioether (sulfide) groups is 1. The van der Waals surface area contributed by atoms with Gasteiger partial charge in [-0.25, -0.2) is 4.39 Å². The molecule has 0 spiro atoms. The van der Waals surface area contributed by atoms with Crippen molar-refractivity contribution in [2.24, 2.45) is 0 Å². The van der Waals surface area contributed by atoms with E-state index in [2.05, 4.69) is 18.7 Å². The summed E-state index contributed by atoms with van der Waals surface area (Å²) in [6.07, 6.45) is 0. The minimum absolute atomic E-state index is 0.273. The molecule has 1 rings (SSSR count). The summed E-state index contributed by atoms with van der Waals surface area (Å²) >= 11 is 1.68. The largest absolute Gasteiger partial charge is 0.398 e. The molecule has 0 aliphatic heterocycles. The number of hydrogen-bond donors (Lipinski definition) is 1. The molecule has 0 aliphatic rings. The lowest BCUT2D eigenvalue weighted by atomic mass is 10.3. The van der Waals surface area contributed by atoms with Crippen LogP contribution >= 0.6 is 11.8 Å². The lowest BCUT2D eigenvalue weighted by Gasteiger charge is -2.17. The SMILES string of the molecule is CCN(CC)CCSc1ccc(F)cc1N. The van der Waals surface area contributed by atoms with Crippen molar-refractivity contribution in [1.29, 1.82) is 0 Å². The van der Waals surface area contributed by atoms with Gasteiger partial charge < -0.3 is 10.6 Å². The Hall–Kier alpha value is -0.740. The quantitative estimate of drug-likeness (QED) is 0.614. The monoisotopic (exact) mass is 242 g/mol. The number of anilines is 1. The van der Waals surface area contributed by atoms with E-state index in [-0.39, 0.29) is 5.82 Å². The van der Waals surface area contributed by atoms with E-state index < -0.39 is 0 Å². The zero-order chi connectivity index (χ0) is 12.0. The zero-order valence-corrected chi connectivity index (χ0v) is 10.7. The van der Waals surface area contributed by atoms with Crippen LogP contribution in [0.1, 0.15) is 13.8 Å². The Kier molecular flexibility index (Phi) is 5.63. The number of benzene rings is 1. The van der Waals surface area contributed by atoms with E-state index in [4.69, 9.17) is 5.73 Å². The molecule has 0 aliphatic carbocycles. The summed E-state index contributed by atoms with van der Waals surface area (Å²) < 4.78 is 12.8. The van der Waals surface area contributed by atoms with Crippen LogP contribution in [0.5, 0.6) is 0 Å².